The molecule has 5 heteroatoms. The summed E-state index contributed by atoms with van der Waals surface area (Å²) in [5.74, 6) is -1.19. The van der Waals surface area contributed by atoms with Crippen LogP contribution >= 0.6 is 0 Å². The number of hydrogen-bond donors (Lipinski definition) is 3. The summed E-state index contributed by atoms with van der Waals surface area (Å²) >= 11 is 0. The van der Waals surface area contributed by atoms with Gasteiger partial charge in [-0.3, -0.25) is 9.59 Å². The van der Waals surface area contributed by atoms with Gasteiger partial charge in [0.1, 0.15) is 0 Å². The minimum absolute atomic E-state index is 0.112. The highest BCUT2D eigenvalue weighted by Gasteiger charge is 2.16. The topological polar surface area (TPSA) is 78.4 Å². The summed E-state index contributed by atoms with van der Waals surface area (Å²) in [4.78, 5) is 23.9. The molecule has 0 fully saturated rings. The predicted molar refractivity (Wildman–Crippen MR) is 92.3 cm³/mol. The fourth-order valence-corrected chi connectivity index (χ4v) is 2.46. The number of rotatable bonds is 7. The summed E-state index contributed by atoms with van der Waals surface area (Å²) in [6.45, 7) is 8.05. The van der Waals surface area contributed by atoms with Crippen LogP contribution in [-0.2, 0) is 22.4 Å². The van der Waals surface area contributed by atoms with Crippen LogP contribution in [-0.4, -0.2) is 29.6 Å². The van der Waals surface area contributed by atoms with Crippen molar-refractivity contribution in [3.8, 4) is 0 Å². The molecule has 0 saturated carbocycles. The van der Waals surface area contributed by atoms with Crippen molar-refractivity contribution in [3.63, 3.8) is 0 Å². The number of aliphatic hydroxyl groups excluding tert-OH is 1. The molecule has 3 N–H and O–H groups in total. The number of nitrogens with one attached hydrogen (secondary N) is 2. The molecule has 1 aromatic rings. The molecule has 0 aliphatic heterocycles. The first-order valence-corrected chi connectivity index (χ1v) is 8.26. The van der Waals surface area contributed by atoms with E-state index in [1.54, 1.807) is 6.92 Å². The average molecular weight is 320 g/mol. The summed E-state index contributed by atoms with van der Waals surface area (Å²) < 4.78 is 0. The number of aryl methyl sites for hydroxylation is 2. The lowest BCUT2D eigenvalue weighted by Gasteiger charge is -2.15. The van der Waals surface area contributed by atoms with Crippen molar-refractivity contribution in [2.45, 2.75) is 53.1 Å². The summed E-state index contributed by atoms with van der Waals surface area (Å²) in [6.07, 6.45) is 1.82. The van der Waals surface area contributed by atoms with Gasteiger partial charge in [-0.25, -0.2) is 0 Å². The summed E-state index contributed by atoms with van der Waals surface area (Å²) in [5, 5.41) is 14.6. The van der Waals surface area contributed by atoms with E-state index in [1.165, 1.54) is 0 Å². The number of carbonyl (C=O) groups is 2. The lowest BCUT2D eigenvalue weighted by molar-refractivity contribution is -0.136. The molecule has 0 spiro atoms. The van der Waals surface area contributed by atoms with E-state index in [0.717, 1.165) is 24.0 Å². The highest BCUT2D eigenvalue weighted by atomic mass is 16.3. The molecule has 2 atom stereocenters. The largest absolute Gasteiger partial charge is 0.393 e. The maximum Gasteiger partial charge on any atom is 0.313 e. The number of amides is 2. The Balaban J connectivity index is 2.63. The van der Waals surface area contributed by atoms with Crippen LogP contribution in [0.5, 0.6) is 0 Å². The monoisotopic (exact) mass is 320 g/mol. The van der Waals surface area contributed by atoms with Crippen molar-refractivity contribution in [2.24, 2.45) is 5.92 Å². The van der Waals surface area contributed by atoms with Crippen molar-refractivity contribution in [1.29, 1.82) is 0 Å². The number of hydrogen-bond acceptors (Lipinski definition) is 3. The summed E-state index contributed by atoms with van der Waals surface area (Å²) in [6, 6.07) is 5.93. The fourth-order valence-electron chi connectivity index (χ4n) is 2.46. The summed E-state index contributed by atoms with van der Waals surface area (Å²) in [5.41, 5.74) is 2.82. The van der Waals surface area contributed by atoms with E-state index >= 15 is 0 Å². The van der Waals surface area contributed by atoms with Gasteiger partial charge in [-0.15, -0.1) is 0 Å². The lowest BCUT2D eigenvalue weighted by atomic mass is 10.0. The molecule has 128 valence electrons. The molecule has 0 heterocycles. The molecule has 23 heavy (non-hydrogen) atoms. The van der Waals surface area contributed by atoms with E-state index < -0.39 is 17.9 Å². The van der Waals surface area contributed by atoms with Gasteiger partial charge in [0.2, 0.25) is 0 Å². The van der Waals surface area contributed by atoms with E-state index in [0.29, 0.717) is 18.7 Å². The van der Waals surface area contributed by atoms with Crippen LogP contribution in [0.3, 0.4) is 0 Å². The lowest BCUT2D eigenvalue weighted by Crippen LogP contribution is -2.38. The Morgan fingerprint density at radius 1 is 1.13 bits per heavy atom. The number of carbonyl (C=O) groups excluding carboxylic acids is 2. The van der Waals surface area contributed by atoms with Crippen LogP contribution in [0, 0.1) is 5.92 Å². The van der Waals surface area contributed by atoms with Crippen molar-refractivity contribution < 1.29 is 14.7 Å². The van der Waals surface area contributed by atoms with Crippen molar-refractivity contribution in [2.75, 3.05) is 11.9 Å². The smallest absolute Gasteiger partial charge is 0.313 e. The molecule has 1 rings (SSSR count). The molecule has 0 saturated heterocycles. The molecular weight excluding hydrogens is 292 g/mol. The van der Waals surface area contributed by atoms with Gasteiger partial charge in [0, 0.05) is 12.2 Å². The Labute approximate surface area is 138 Å². The third kappa shape index (κ3) is 6.40. The average Bonchev–Trinajstić information content (AvgIpc) is 2.51. The van der Waals surface area contributed by atoms with E-state index in [-0.39, 0.29) is 5.92 Å². The van der Waals surface area contributed by atoms with E-state index in [9.17, 15) is 14.7 Å². The zero-order valence-corrected chi connectivity index (χ0v) is 14.5. The van der Waals surface area contributed by atoms with Crippen LogP contribution in [0.1, 0.15) is 45.2 Å². The van der Waals surface area contributed by atoms with Gasteiger partial charge < -0.3 is 15.7 Å². The van der Waals surface area contributed by atoms with Crippen molar-refractivity contribution >= 4 is 17.5 Å². The van der Waals surface area contributed by atoms with Crippen LogP contribution in [0.15, 0.2) is 18.2 Å². The van der Waals surface area contributed by atoms with Gasteiger partial charge in [-0.2, -0.15) is 0 Å². The molecule has 0 radical (unpaired) electrons. The van der Waals surface area contributed by atoms with Gasteiger partial charge in [0.05, 0.1) is 6.10 Å². The van der Waals surface area contributed by atoms with Gasteiger partial charge in [0.15, 0.2) is 0 Å². The highest BCUT2D eigenvalue weighted by molar-refractivity contribution is 6.39. The number of benzene rings is 1. The molecule has 2 unspecified atom stereocenters. The first kappa shape index (κ1) is 19.2. The molecule has 0 aliphatic carbocycles. The normalized spacial score (nSPS) is 13.3. The first-order chi connectivity index (χ1) is 10.9. The van der Waals surface area contributed by atoms with Gasteiger partial charge in [-0.1, -0.05) is 32.9 Å². The minimum atomic E-state index is -0.655. The molecular formula is C18H28N2O3. The van der Waals surface area contributed by atoms with Crippen LogP contribution in [0.25, 0.3) is 0 Å². The van der Waals surface area contributed by atoms with E-state index in [2.05, 4.69) is 10.6 Å². The minimum Gasteiger partial charge on any atom is -0.393 e. The first-order valence-electron chi connectivity index (χ1n) is 8.26. The number of aliphatic hydroxyl groups is 1. The molecule has 2 amide bonds. The SMILES string of the molecule is CCc1ccc(CC)c(NC(=O)C(=O)NCC(C)CC(C)O)c1. The van der Waals surface area contributed by atoms with Gasteiger partial charge >= 0.3 is 11.8 Å². The van der Waals surface area contributed by atoms with E-state index in [4.69, 9.17) is 0 Å². The predicted octanol–water partition coefficient (Wildman–Crippen LogP) is 2.27. The Morgan fingerprint density at radius 3 is 2.39 bits per heavy atom. The van der Waals surface area contributed by atoms with Crippen LogP contribution in [0.4, 0.5) is 5.69 Å². The second-order valence-corrected chi connectivity index (χ2v) is 6.05. The van der Waals surface area contributed by atoms with Gasteiger partial charge in [-0.05, 0) is 49.3 Å². The molecule has 0 bridgehead atoms. The molecule has 5 nitrogen and oxygen atoms in total. The van der Waals surface area contributed by atoms with Crippen molar-refractivity contribution in [1.82, 2.24) is 5.32 Å². The third-order valence-electron chi connectivity index (χ3n) is 3.77. The fraction of sp³-hybridized carbons (Fsp3) is 0.556. The molecule has 1 aromatic carbocycles. The molecule has 0 aromatic heterocycles. The van der Waals surface area contributed by atoms with Crippen LogP contribution < -0.4 is 10.6 Å². The maximum absolute atomic E-state index is 12.0. The zero-order chi connectivity index (χ0) is 17.4. The Bertz CT molecular complexity index is 541. The van der Waals surface area contributed by atoms with Gasteiger partial charge in [0.25, 0.3) is 0 Å². The van der Waals surface area contributed by atoms with E-state index in [1.807, 2.05) is 39.0 Å². The standard InChI is InChI=1S/C18H28N2O3/c1-5-14-7-8-15(6-2)16(10-14)20-18(23)17(22)19-11-12(3)9-13(4)21/h7-8,10,12-13,21H,5-6,9,11H2,1-4H3,(H,19,22)(H,20,23). The Kier molecular flexibility index (Phi) is 7.75. The quantitative estimate of drug-likeness (QED) is 0.674. The van der Waals surface area contributed by atoms with Crippen molar-refractivity contribution in [3.05, 3.63) is 29.3 Å². The summed E-state index contributed by atoms with van der Waals surface area (Å²) in [7, 11) is 0. The second-order valence-electron chi connectivity index (χ2n) is 6.05. The number of anilines is 1. The maximum atomic E-state index is 12.0. The van der Waals surface area contributed by atoms with Crippen LogP contribution in [0.2, 0.25) is 0 Å². The molecule has 0 aliphatic rings. The second kappa shape index (κ2) is 9.30. The Morgan fingerprint density at radius 2 is 1.83 bits per heavy atom. The highest BCUT2D eigenvalue weighted by Crippen LogP contribution is 2.19. The zero-order valence-electron chi connectivity index (χ0n) is 14.5. The third-order valence-corrected chi connectivity index (χ3v) is 3.77. The Hall–Kier alpha value is -1.88.